The minimum atomic E-state index is -0.335. The summed E-state index contributed by atoms with van der Waals surface area (Å²) in [4.78, 5) is 19.5. The molecule has 29 heavy (non-hydrogen) atoms. The number of nitrogens with one attached hydrogen (secondary N) is 2. The van der Waals surface area contributed by atoms with Crippen LogP contribution in [0.5, 0.6) is 0 Å². The standard InChI is InChI=1S/C19H17FN6O2.ClH/c20-13-3-1-12(2-4-13)17-24-19(28-25-17)14-10-22-26-15(9-16(27)23-18(14)26)11-5-7-21-8-6-11;/h1-4,9-11,21H,5-8H2,(H,23,27);1H. The van der Waals surface area contributed by atoms with E-state index >= 15 is 0 Å². The number of benzene rings is 1. The Labute approximate surface area is 170 Å². The summed E-state index contributed by atoms with van der Waals surface area (Å²) in [6.45, 7) is 1.83. The lowest BCUT2D eigenvalue weighted by Crippen LogP contribution is -2.28. The fraction of sp³-hybridized carbons (Fsp3) is 0.263. The maximum absolute atomic E-state index is 13.1. The van der Waals surface area contributed by atoms with Crippen LogP contribution >= 0.6 is 12.4 Å². The Hall–Kier alpha value is -3.04. The van der Waals surface area contributed by atoms with Crippen LogP contribution in [0, 0.1) is 5.82 Å². The third-order valence-corrected chi connectivity index (χ3v) is 5.05. The van der Waals surface area contributed by atoms with Crippen LogP contribution in [0.15, 0.2) is 45.8 Å². The first-order chi connectivity index (χ1) is 13.7. The van der Waals surface area contributed by atoms with Gasteiger partial charge in [0.1, 0.15) is 17.0 Å². The van der Waals surface area contributed by atoms with Gasteiger partial charge in [-0.3, -0.25) is 4.79 Å². The minimum absolute atomic E-state index is 0. The van der Waals surface area contributed by atoms with E-state index in [4.69, 9.17) is 4.52 Å². The quantitative estimate of drug-likeness (QED) is 0.532. The van der Waals surface area contributed by atoms with E-state index in [1.54, 1.807) is 28.9 Å². The Morgan fingerprint density at radius 1 is 1.17 bits per heavy atom. The minimum Gasteiger partial charge on any atom is -0.333 e. The highest BCUT2D eigenvalue weighted by molar-refractivity contribution is 5.85. The highest BCUT2D eigenvalue weighted by Crippen LogP contribution is 2.28. The molecule has 0 radical (unpaired) electrons. The molecule has 0 amide bonds. The lowest BCUT2D eigenvalue weighted by molar-refractivity contribution is 0.432. The van der Waals surface area contributed by atoms with Gasteiger partial charge in [-0.2, -0.15) is 10.1 Å². The van der Waals surface area contributed by atoms with E-state index in [0.29, 0.717) is 22.6 Å². The van der Waals surface area contributed by atoms with Crippen LogP contribution in [0.1, 0.15) is 24.5 Å². The van der Waals surface area contributed by atoms with E-state index in [1.165, 1.54) is 12.1 Å². The lowest BCUT2D eigenvalue weighted by atomic mass is 9.94. The van der Waals surface area contributed by atoms with E-state index in [2.05, 4.69) is 25.5 Å². The Bertz CT molecular complexity index is 1190. The largest absolute Gasteiger partial charge is 0.333 e. The van der Waals surface area contributed by atoms with Crippen LogP contribution in [-0.4, -0.2) is 37.8 Å². The van der Waals surface area contributed by atoms with Crippen LogP contribution in [-0.2, 0) is 0 Å². The van der Waals surface area contributed by atoms with Crippen molar-refractivity contribution < 1.29 is 8.91 Å². The van der Waals surface area contributed by atoms with Crippen molar-refractivity contribution in [3.8, 4) is 22.8 Å². The van der Waals surface area contributed by atoms with Gasteiger partial charge in [0.25, 0.3) is 11.4 Å². The zero-order chi connectivity index (χ0) is 19.1. The highest BCUT2D eigenvalue weighted by Gasteiger charge is 2.22. The van der Waals surface area contributed by atoms with Crippen molar-refractivity contribution >= 4 is 18.1 Å². The predicted molar refractivity (Wildman–Crippen MR) is 107 cm³/mol. The number of rotatable bonds is 3. The molecule has 4 aromatic rings. The van der Waals surface area contributed by atoms with Crippen molar-refractivity contribution in [1.29, 1.82) is 0 Å². The molecule has 1 aliphatic rings. The molecule has 8 nitrogen and oxygen atoms in total. The summed E-state index contributed by atoms with van der Waals surface area (Å²) in [6, 6.07) is 7.44. The van der Waals surface area contributed by atoms with Gasteiger partial charge in [-0.25, -0.2) is 8.91 Å². The van der Waals surface area contributed by atoms with Gasteiger partial charge >= 0.3 is 0 Å². The van der Waals surface area contributed by atoms with Gasteiger partial charge in [-0.05, 0) is 50.2 Å². The summed E-state index contributed by atoms with van der Waals surface area (Å²) in [6.07, 6.45) is 3.50. The smallest absolute Gasteiger partial charge is 0.263 e. The number of halogens is 2. The van der Waals surface area contributed by atoms with Crippen LogP contribution in [0.3, 0.4) is 0 Å². The normalized spacial score (nSPS) is 14.8. The van der Waals surface area contributed by atoms with Gasteiger partial charge in [0, 0.05) is 17.5 Å². The molecule has 0 saturated carbocycles. The van der Waals surface area contributed by atoms with Crippen molar-refractivity contribution in [3.05, 3.63) is 58.4 Å². The summed E-state index contributed by atoms with van der Waals surface area (Å²) in [5.74, 6) is 0.507. The number of fused-ring (bicyclic) bond motifs is 1. The van der Waals surface area contributed by atoms with Crippen molar-refractivity contribution in [2.45, 2.75) is 18.8 Å². The molecule has 10 heteroatoms. The monoisotopic (exact) mass is 416 g/mol. The molecule has 1 fully saturated rings. The number of nitrogens with zero attached hydrogens (tertiary/aromatic N) is 4. The van der Waals surface area contributed by atoms with Crippen molar-refractivity contribution in [2.75, 3.05) is 13.1 Å². The summed E-state index contributed by atoms with van der Waals surface area (Å²) in [7, 11) is 0. The second-order valence-corrected chi connectivity index (χ2v) is 6.83. The summed E-state index contributed by atoms with van der Waals surface area (Å²) < 4.78 is 20.3. The molecule has 150 valence electrons. The number of H-pyrrole nitrogens is 1. The maximum Gasteiger partial charge on any atom is 0.263 e. The molecular formula is C19H18ClFN6O2. The zero-order valence-corrected chi connectivity index (χ0v) is 16.1. The third kappa shape index (κ3) is 3.54. The van der Waals surface area contributed by atoms with Gasteiger partial charge < -0.3 is 14.8 Å². The van der Waals surface area contributed by atoms with E-state index < -0.39 is 0 Å². The van der Waals surface area contributed by atoms with E-state index in [-0.39, 0.29) is 35.6 Å². The van der Waals surface area contributed by atoms with Gasteiger partial charge in [-0.15, -0.1) is 12.4 Å². The molecule has 1 saturated heterocycles. The number of hydrogen-bond acceptors (Lipinski definition) is 6. The molecule has 0 bridgehead atoms. The van der Waals surface area contributed by atoms with Gasteiger partial charge in [0.2, 0.25) is 5.82 Å². The molecular weight excluding hydrogens is 399 g/mol. The number of piperidine rings is 1. The first-order valence-corrected chi connectivity index (χ1v) is 9.11. The van der Waals surface area contributed by atoms with Gasteiger partial charge in [0.05, 0.1) is 11.9 Å². The fourth-order valence-electron chi connectivity index (χ4n) is 3.63. The number of aromatic nitrogens is 5. The molecule has 4 heterocycles. The van der Waals surface area contributed by atoms with E-state index in [0.717, 1.165) is 31.6 Å². The number of aromatic amines is 1. The lowest BCUT2D eigenvalue weighted by Gasteiger charge is -2.23. The first kappa shape index (κ1) is 19.3. The average molecular weight is 417 g/mol. The zero-order valence-electron chi connectivity index (χ0n) is 15.3. The van der Waals surface area contributed by atoms with E-state index in [1.807, 2.05) is 0 Å². The maximum atomic E-state index is 13.1. The first-order valence-electron chi connectivity index (χ1n) is 9.11. The van der Waals surface area contributed by atoms with Crippen LogP contribution < -0.4 is 10.9 Å². The van der Waals surface area contributed by atoms with Crippen LogP contribution in [0.25, 0.3) is 28.5 Å². The highest BCUT2D eigenvalue weighted by atomic mass is 35.5. The molecule has 0 unspecified atom stereocenters. The second-order valence-electron chi connectivity index (χ2n) is 6.83. The number of hydrogen-bond donors (Lipinski definition) is 2. The molecule has 1 aromatic carbocycles. The van der Waals surface area contributed by atoms with Crippen LogP contribution in [0.2, 0.25) is 0 Å². The van der Waals surface area contributed by atoms with Crippen molar-refractivity contribution in [1.82, 2.24) is 30.1 Å². The molecule has 2 N–H and O–H groups in total. The Morgan fingerprint density at radius 2 is 1.93 bits per heavy atom. The Morgan fingerprint density at radius 3 is 2.69 bits per heavy atom. The predicted octanol–water partition coefficient (Wildman–Crippen LogP) is 2.77. The summed E-state index contributed by atoms with van der Waals surface area (Å²) >= 11 is 0. The van der Waals surface area contributed by atoms with Gasteiger partial charge in [-0.1, -0.05) is 5.16 Å². The summed E-state index contributed by atoms with van der Waals surface area (Å²) in [5.41, 5.74) is 2.40. The third-order valence-electron chi connectivity index (χ3n) is 5.05. The SMILES string of the molecule is Cl.O=c1cc(C2CCNCC2)n2ncc(-c3nc(-c4ccc(F)cc4)no3)c2[nH]1. The Balaban J connectivity index is 0.00000205. The van der Waals surface area contributed by atoms with Gasteiger partial charge in [0.15, 0.2) is 0 Å². The molecule has 1 aliphatic heterocycles. The molecule has 3 aromatic heterocycles. The fourth-order valence-corrected chi connectivity index (χ4v) is 3.63. The van der Waals surface area contributed by atoms with Crippen molar-refractivity contribution in [2.24, 2.45) is 0 Å². The molecule has 0 aliphatic carbocycles. The topological polar surface area (TPSA) is 101 Å². The van der Waals surface area contributed by atoms with Crippen LogP contribution in [0.4, 0.5) is 4.39 Å². The average Bonchev–Trinajstić information content (AvgIpc) is 3.35. The molecule has 0 atom stereocenters. The molecule has 5 rings (SSSR count). The van der Waals surface area contributed by atoms with Crippen molar-refractivity contribution in [3.63, 3.8) is 0 Å². The second kappa shape index (κ2) is 7.76. The Kier molecular flexibility index (Phi) is 5.16. The molecule has 0 spiro atoms. The van der Waals surface area contributed by atoms with E-state index in [9.17, 15) is 9.18 Å². The summed E-state index contributed by atoms with van der Waals surface area (Å²) in [5, 5.41) is 11.7.